The van der Waals surface area contributed by atoms with Crippen molar-refractivity contribution in [3.05, 3.63) is 35.4 Å². The zero-order valence-electron chi connectivity index (χ0n) is 12.5. The van der Waals surface area contributed by atoms with Crippen LogP contribution in [0.1, 0.15) is 31.4 Å². The third kappa shape index (κ3) is 3.02. The van der Waals surface area contributed by atoms with Gasteiger partial charge in [-0.25, -0.2) is 0 Å². The molecule has 0 bridgehead atoms. The van der Waals surface area contributed by atoms with Gasteiger partial charge in [-0.15, -0.1) is 0 Å². The van der Waals surface area contributed by atoms with Crippen LogP contribution < -0.4 is 11.1 Å². The van der Waals surface area contributed by atoms with Gasteiger partial charge in [0.2, 0.25) is 5.91 Å². The maximum Gasteiger partial charge on any atom is 0.224 e. The van der Waals surface area contributed by atoms with Crippen LogP contribution in [0.15, 0.2) is 24.3 Å². The van der Waals surface area contributed by atoms with E-state index >= 15 is 0 Å². The van der Waals surface area contributed by atoms with Gasteiger partial charge in [0.05, 0.1) is 12.5 Å². The lowest BCUT2D eigenvalue weighted by atomic mass is 9.64. The lowest BCUT2D eigenvalue weighted by Gasteiger charge is -2.51. The van der Waals surface area contributed by atoms with E-state index in [-0.39, 0.29) is 23.5 Å². The fourth-order valence-corrected chi connectivity index (χ4v) is 2.75. The van der Waals surface area contributed by atoms with Crippen LogP contribution in [0.5, 0.6) is 0 Å². The zero-order chi connectivity index (χ0) is 14.8. The van der Waals surface area contributed by atoms with E-state index in [2.05, 4.69) is 19.2 Å². The molecule has 1 saturated carbocycles. The minimum absolute atomic E-state index is 0.00775. The van der Waals surface area contributed by atoms with Crippen LogP contribution in [0.4, 0.5) is 0 Å². The monoisotopic (exact) mass is 276 g/mol. The summed E-state index contributed by atoms with van der Waals surface area (Å²) in [6, 6.07) is 8.06. The van der Waals surface area contributed by atoms with Crippen molar-refractivity contribution in [1.29, 1.82) is 0 Å². The van der Waals surface area contributed by atoms with Crippen molar-refractivity contribution in [2.24, 2.45) is 11.1 Å². The Morgan fingerprint density at radius 1 is 1.35 bits per heavy atom. The second-order valence-electron chi connectivity index (χ2n) is 6.10. The molecule has 0 heterocycles. The van der Waals surface area contributed by atoms with E-state index in [4.69, 9.17) is 10.5 Å². The number of nitrogens with one attached hydrogen (secondary N) is 1. The molecule has 1 aliphatic carbocycles. The number of carbonyl (C=O) groups excluding carboxylic acids is 1. The number of methoxy groups -OCH3 is 1. The average molecular weight is 276 g/mol. The van der Waals surface area contributed by atoms with Gasteiger partial charge in [0.25, 0.3) is 0 Å². The van der Waals surface area contributed by atoms with Crippen LogP contribution in [0, 0.1) is 5.41 Å². The van der Waals surface area contributed by atoms with E-state index in [1.807, 2.05) is 24.3 Å². The molecule has 4 nitrogen and oxygen atoms in total. The smallest absolute Gasteiger partial charge is 0.224 e. The normalized spacial score (nSPS) is 24.0. The Bertz CT molecular complexity index is 468. The average Bonchev–Trinajstić information content (AvgIpc) is 2.43. The number of rotatable bonds is 5. The topological polar surface area (TPSA) is 64.3 Å². The van der Waals surface area contributed by atoms with Gasteiger partial charge in [-0.05, 0) is 17.5 Å². The molecular weight excluding hydrogens is 252 g/mol. The highest BCUT2D eigenvalue weighted by atomic mass is 16.5. The van der Waals surface area contributed by atoms with E-state index in [0.29, 0.717) is 13.0 Å². The molecule has 1 aliphatic rings. The molecule has 0 spiro atoms. The SMILES string of the molecule is COC1CC(NC(=O)Cc2ccc(CN)cc2)C1(C)C. The number of benzene rings is 1. The number of hydrogen-bond donors (Lipinski definition) is 2. The first-order valence-corrected chi connectivity index (χ1v) is 7.07. The van der Waals surface area contributed by atoms with Crippen LogP contribution in [-0.4, -0.2) is 25.2 Å². The highest BCUT2D eigenvalue weighted by molar-refractivity contribution is 5.79. The van der Waals surface area contributed by atoms with Crippen LogP contribution in [-0.2, 0) is 22.5 Å². The number of amides is 1. The largest absolute Gasteiger partial charge is 0.381 e. The van der Waals surface area contributed by atoms with Gasteiger partial charge in [0.1, 0.15) is 0 Å². The molecule has 1 fully saturated rings. The zero-order valence-corrected chi connectivity index (χ0v) is 12.5. The molecule has 4 heteroatoms. The van der Waals surface area contributed by atoms with Crippen molar-refractivity contribution in [3.63, 3.8) is 0 Å². The van der Waals surface area contributed by atoms with Crippen molar-refractivity contribution < 1.29 is 9.53 Å². The number of nitrogens with two attached hydrogens (primary N) is 1. The first-order chi connectivity index (χ1) is 9.47. The summed E-state index contributed by atoms with van der Waals surface area (Å²) in [4.78, 5) is 12.1. The third-order valence-electron chi connectivity index (χ3n) is 4.42. The summed E-state index contributed by atoms with van der Waals surface area (Å²) in [7, 11) is 1.73. The van der Waals surface area contributed by atoms with E-state index in [0.717, 1.165) is 17.5 Å². The summed E-state index contributed by atoms with van der Waals surface area (Å²) in [5, 5.41) is 3.10. The third-order valence-corrected chi connectivity index (χ3v) is 4.42. The van der Waals surface area contributed by atoms with Gasteiger partial charge >= 0.3 is 0 Å². The molecule has 1 amide bonds. The standard InChI is InChI=1S/C16H24N2O2/c1-16(2)13(9-14(16)20-3)18-15(19)8-11-4-6-12(10-17)7-5-11/h4-7,13-14H,8-10,17H2,1-3H3,(H,18,19). The summed E-state index contributed by atoms with van der Waals surface area (Å²) >= 11 is 0. The molecular formula is C16H24N2O2. The van der Waals surface area contributed by atoms with Crippen molar-refractivity contribution in [2.45, 2.75) is 45.4 Å². The van der Waals surface area contributed by atoms with Gasteiger partial charge in [-0.1, -0.05) is 38.1 Å². The summed E-state index contributed by atoms with van der Waals surface area (Å²) in [6.45, 7) is 4.79. The first kappa shape index (κ1) is 15.0. The van der Waals surface area contributed by atoms with Gasteiger partial charge < -0.3 is 15.8 Å². The molecule has 0 aromatic heterocycles. The summed E-state index contributed by atoms with van der Waals surface area (Å²) < 4.78 is 5.39. The Labute approximate surface area is 120 Å². The molecule has 3 N–H and O–H groups in total. The van der Waals surface area contributed by atoms with Gasteiger partial charge in [0.15, 0.2) is 0 Å². The Kier molecular flexibility index (Phi) is 4.45. The van der Waals surface area contributed by atoms with E-state index in [1.165, 1.54) is 0 Å². The second kappa shape index (κ2) is 5.94. The summed E-state index contributed by atoms with van der Waals surface area (Å²) in [5.74, 6) is 0.0677. The molecule has 110 valence electrons. The molecule has 2 atom stereocenters. The maximum atomic E-state index is 12.1. The Hall–Kier alpha value is -1.39. The minimum atomic E-state index is 0.00775. The van der Waals surface area contributed by atoms with Crippen molar-refractivity contribution in [2.75, 3.05) is 7.11 Å². The van der Waals surface area contributed by atoms with Crippen molar-refractivity contribution >= 4 is 5.91 Å². The molecule has 2 rings (SSSR count). The fourth-order valence-electron chi connectivity index (χ4n) is 2.75. The summed E-state index contributed by atoms with van der Waals surface area (Å²) in [6.07, 6.45) is 1.54. The van der Waals surface area contributed by atoms with Gasteiger partial charge in [0, 0.05) is 25.1 Å². The Morgan fingerprint density at radius 2 is 1.95 bits per heavy atom. The molecule has 2 unspecified atom stereocenters. The van der Waals surface area contributed by atoms with Crippen molar-refractivity contribution in [3.8, 4) is 0 Å². The van der Waals surface area contributed by atoms with Crippen LogP contribution >= 0.6 is 0 Å². The number of ether oxygens (including phenoxy) is 1. The van der Waals surface area contributed by atoms with Crippen LogP contribution in [0.2, 0.25) is 0 Å². The Morgan fingerprint density at radius 3 is 2.45 bits per heavy atom. The highest BCUT2D eigenvalue weighted by Crippen LogP contribution is 2.42. The first-order valence-electron chi connectivity index (χ1n) is 7.07. The molecule has 20 heavy (non-hydrogen) atoms. The second-order valence-corrected chi connectivity index (χ2v) is 6.10. The van der Waals surface area contributed by atoms with Gasteiger partial charge in [-0.2, -0.15) is 0 Å². The number of carbonyl (C=O) groups is 1. The predicted molar refractivity (Wildman–Crippen MR) is 79.2 cm³/mol. The summed E-state index contributed by atoms with van der Waals surface area (Å²) in [5.41, 5.74) is 7.66. The molecule has 0 aliphatic heterocycles. The lowest BCUT2D eigenvalue weighted by Crippen LogP contribution is -2.62. The molecule has 0 radical (unpaired) electrons. The van der Waals surface area contributed by atoms with Crippen LogP contribution in [0.3, 0.4) is 0 Å². The highest BCUT2D eigenvalue weighted by Gasteiger charge is 2.49. The van der Waals surface area contributed by atoms with Crippen LogP contribution in [0.25, 0.3) is 0 Å². The predicted octanol–water partition coefficient (Wildman–Crippen LogP) is 1.62. The number of hydrogen-bond acceptors (Lipinski definition) is 3. The quantitative estimate of drug-likeness (QED) is 0.859. The molecule has 1 aromatic rings. The Balaban J connectivity index is 1.87. The van der Waals surface area contributed by atoms with E-state index in [9.17, 15) is 4.79 Å². The minimum Gasteiger partial charge on any atom is -0.381 e. The lowest BCUT2D eigenvalue weighted by molar-refractivity contribution is -0.132. The van der Waals surface area contributed by atoms with Gasteiger partial charge in [-0.3, -0.25) is 4.79 Å². The fraction of sp³-hybridized carbons (Fsp3) is 0.562. The maximum absolute atomic E-state index is 12.1. The molecule has 1 aromatic carbocycles. The van der Waals surface area contributed by atoms with E-state index in [1.54, 1.807) is 7.11 Å². The molecule has 0 saturated heterocycles. The van der Waals surface area contributed by atoms with E-state index < -0.39 is 0 Å². The van der Waals surface area contributed by atoms with Crippen molar-refractivity contribution in [1.82, 2.24) is 5.32 Å².